The predicted octanol–water partition coefficient (Wildman–Crippen LogP) is 3.61. The molecular weight excluding hydrogens is 360 g/mol. The Kier molecular flexibility index (Phi) is 5.37. The summed E-state index contributed by atoms with van der Waals surface area (Å²) in [5.74, 6) is 0. The van der Waals surface area contributed by atoms with Crippen LogP contribution in [0.1, 0.15) is 56.5 Å². The summed E-state index contributed by atoms with van der Waals surface area (Å²) >= 11 is 0. The van der Waals surface area contributed by atoms with Crippen molar-refractivity contribution < 1.29 is 23.9 Å². The second-order valence-electron chi connectivity index (χ2n) is 8.56. The second-order valence-corrected chi connectivity index (χ2v) is 8.56. The fourth-order valence-corrected chi connectivity index (χ4v) is 3.77. The number of amides is 2. The van der Waals surface area contributed by atoms with Crippen LogP contribution in [-0.2, 0) is 16.0 Å². The van der Waals surface area contributed by atoms with Crippen LogP contribution in [0.4, 0.5) is 9.59 Å². The number of ether oxygens (including phenoxy) is 2. The van der Waals surface area contributed by atoms with E-state index in [1.54, 1.807) is 21.9 Å². The first-order chi connectivity index (χ1) is 13.1. The standard InChI is InChI=1S/C21H28N2O5/c1-15-21(9-11-22(12-10-21)18(25)27-20(2,3)4)28-19(26)23(15)13-16-5-7-17(14-24)8-6-16/h5-8,14-15H,9-13H2,1-4H3. The van der Waals surface area contributed by atoms with Crippen molar-refractivity contribution in [2.45, 2.75) is 64.3 Å². The molecule has 1 spiro atoms. The first kappa shape index (κ1) is 20.2. The molecule has 7 heteroatoms. The van der Waals surface area contributed by atoms with E-state index in [-0.39, 0.29) is 18.2 Å². The third-order valence-corrected chi connectivity index (χ3v) is 5.48. The normalized spacial score (nSPS) is 21.6. The van der Waals surface area contributed by atoms with Gasteiger partial charge in [-0.05, 0) is 33.3 Å². The number of benzene rings is 1. The van der Waals surface area contributed by atoms with Gasteiger partial charge < -0.3 is 14.4 Å². The summed E-state index contributed by atoms with van der Waals surface area (Å²) in [7, 11) is 0. The van der Waals surface area contributed by atoms with Gasteiger partial charge >= 0.3 is 12.2 Å². The maximum absolute atomic E-state index is 12.5. The summed E-state index contributed by atoms with van der Waals surface area (Å²) in [6.45, 7) is 8.94. The number of likely N-dealkylation sites (tertiary alicyclic amines) is 1. The predicted molar refractivity (Wildman–Crippen MR) is 103 cm³/mol. The Balaban J connectivity index is 1.64. The van der Waals surface area contributed by atoms with Crippen molar-refractivity contribution in [2.24, 2.45) is 0 Å². The molecule has 0 aromatic heterocycles. The van der Waals surface area contributed by atoms with Gasteiger partial charge in [0.1, 0.15) is 17.5 Å². The molecule has 1 aromatic carbocycles. The molecule has 2 aliphatic rings. The van der Waals surface area contributed by atoms with E-state index in [1.807, 2.05) is 39.8 Å². The summed E-state index contributed by atoms with van der Waals surface area (Å²) in [5, 5.41) is 0. The molecule has 2 amide bonds. The van der Waals surface area contributed by atoms with Gasteiger partial charge in [0.05, 0.1) is 6.04 Å². The lowest BCUT2D eigenvalue weighted by Crippen LogP contribution is -2.53. The lowest BCUT2D eigenvalue weighted by Gasteiger charge is -2.40. The molecule has 152 valence electrons. The fraction of sp³-hybridized carbons (Fsp3) is 0.571. The van der Waals surface area contributed by atoms with Crippen molar-refractivity contribution in [2.75, 3.05) is 13.1 Å². The minimum Gasteiger partial charge on any atom is -0.444 e. The highest BCUT2D eigenvalue weighted by molar-refractivity contribution is 5.75. The summed E-state index contributed by atoms with van der Waals surface area (Å²) in [5.41, 5.74) is 0.429. The van der Waals surface area contributed by atoms with Crippen molar-refractivity contribution in [3.8, 4) is 0 Å². The maximum atomic E-state index is 12.5. The number of carbonyl (C=O) groups excluding carboxylic acids is 3. The first-order valence-electron chi connectivity index (χ1n) is 9.65. The quantitative estimate of drug-likeness (QED) is 0.740. The van der Waals surface area contributed by atoms with Crippen molar-refractivity contribution >= 4 is 18.5 Å². The average Bonchev–Trinajstić information content (AvgIpc) is 2.85. The third-order valence-electron chi connectivity index (χ3n) is 5.48. The molecule has 1 unspecified atom stereocenters. The van der Waals surface area contributed by atoms with E-state index in [1.165, 1.54) is 0 Å². The van der Waals surface area contributed by atoms with E-state index in [2.05, 4.69) is 0 Å². The minimum atomic E-state index is -0.585. The summed E-state index contributed by atoms with van der Waals surface area (Å²) < 4.78 is 11.3. The van der Waals surface area contributed by atoms with Gasteiger partial charge in [-0.2, -0.15) is 0 Å². The van der Waals surface area contributed by atoms with Crippen molar-refractivity contribution in [3.05, 3.63) is 35.4 Å². The molecule has 0 aliphatic carbocycles. The van der Waals surface area contributed by atoms with Crippen molar-refractivity contribution in [1.82, 2.24) is 9.80 Å². The molecule has 1 atom stereocenters. The fourth-order valence-electron chi connectivity index (χ4n) is 3.77. The second kappa shape index (κ2) is 7.45. The van der Waals surface area contributed by atoms with Crippen LogP contribution in [0.3, 0.4) is 0 Å². The van der Waals surface area contributed by atoms with Crippen molar-refractivity contribution in [1.29, 1.82) is 0 Å². The van der Waals surface area contributed by atoms with Gasteiger partial charge in [0, 0.05) is 38.0 Å². The summed E-state index contributed by atoms with van der Waals surface area (Å²) in [4.78, 5) is 39.0. The van der Waals surface area contributed by atoms with Crippen LogP contribution >= 0.6 is 0 Å². The molecule has 0 saturated carbocycles. The zero-order chi connectivity index (χ0) is 20.5. The van der Waals surface area contributed by atoms with Crippen LogP contribution in [0.5, 0.6) is 0 Å². The van der Waals surface area contributed by atoms with Crippen LogP contribution < -0.4 is 0 Å². The third kappa shape index (κ3) is 4.13. The van der Waals surface area contributed by atoms with Gasteiger partial charge in [-0.3, -0.25) is 9.69 Å². The van der Waals surface area contributed by atoms with Gasteiger partial charge in [0.2, 0.25) is 0 Å². The molecule has 28 heavy (non-hydrogen) atoms. The minimum absolute atomic E-state index is 0.105. The molecule has 0 radical (unpaired) electrons. The number of rotatable bonds is 3. The Labute approximate surface area is 165 Å². The molecule has 0 N–H and O–H groups in total. The van der Waals surface area contributed by atoms with E-state index in [0.717, 1.165) is 11.8 Å². The molecule has 1 aromatic rings. The number of hydrogen-bond acceptors (Lipinski definition) is 5. The van der Waals surface area contributed by atoms with E-state index in [0.29, 0.717) is 38.0 Å². The van der Waals surface area contributed by atoms with Gasteiger partial charge in [0.25, 0.3) is 0 Å². The smallest absolute Gasteiger partial charge is 0.411 e. The number of aldehydes is 1. The van der Waals surface area contributed by atoms with Crippen LogP contribution in [0.2, 0.25) is 0 Å². The number of carbonyl (C=O) groups is 3. The molecular formula is C21H28N2O5. The van der Waals surface area contributed by atoms with Crippen LogP contribution in [0, 0.1) is 0 Å². The molecule has 2 fully saturated rings. The Morgan fingerprint density at radius 1 is 1.25 bits per heavy atom. The highest BCUT2D eigenvalue weighted by Gasteiger charge is 2.53. The monoisotopic (exact) mass is 388 g/mol. The number of piperidine rings is 1. The van der Waals surface area contributed by atoms with Crippen LogP contribution in [-0.4, -0.2) is 58.6 Å². The lowest BCUT2D eigenvalue weighted by molar-refractivity contribution is -0.0293. The molecule has 2 heterocycles. The number of nitrogens with zero attached hydrogens (tertiary/aromatic N) is 2. The Hall–Kier alpha value is -2.57. The molecule has 7 nitrogen and oxygen atoms in total. The van der Waals surface area contributed by atoms with Crippen molar-refractivity contribution in [3.63, 3.8) is 0 Å². The SMILES string of the molecule is CC1N(Cc2ccc(C=O)cc2)C(=O)OC12CCN(C(=O)OC(C)(C)C)CC2. The maximum Gasteiger partial charge on any atom is 0.411 e. The number of hydrogen-bond donors (Lipinski definition) is 0. The van der Waals surface area contributed by atoms with Gasteiger partial charge in [-0.15, -0.1) is 0 Å². The van der Waals surface area contributed by atoms with Crippen LogP contribution in [0.25, 0.3) is 0 Å². The van der Waals surface area contributed by atoms with Gasteiger partial charge in [0.15, 0.2) is 0 Å². The largest absolute Gasteiger partial charge is 0.444 e. The topological polar surface area (TPSA) is 76.2 Å². The first-order valence-corrected chi connectivity index (χ1v) is 9.65. The Bertz CT molecular complexity index is 745. The molecule has 0 bridgehead atoms. The zero-order valence-electron chi connectivity index (χ0n) is 16.9. The molecule has 2 saturated heterocycles. The Morgan fingerprint density at radius 2 is 1.86 bits per heavy atom. The van der Waals surface area contributed by atoms with Crippen LogP contribution in [0.15, 0.2) is 24.3 Å². The summed E-state index contributed by atoms with van der Waals surface area (Å²) in [6, 6.07) is 7.07. The van der Waals surface area contributed by atoms with E-state index in [4.69, 9.17) is 9.47 Å². The molecule has 2 aliphatic heterocycles. The molecule has 3 rings (SSSR count). The highest BCUT2D eigenvalue weighted by Crippen LogP contribution is 2.39. The van der Waals surface area contributed by atoms with E-state index in [9.17, 15) is 14.4 Å². The van der Waals surface area contributed by atoms with E-state index < -0.39 is 11.2 Å². The highest BCUT2D eigenvalue weighted by atomic mass is 16.6. The lowest BCUT2D eigenvalue weighted by atomic mass is 9.85. The van der Waals surface area contributed by atoms with E-state index >= 15 is 0 Å². The Morgan fingerprint density at radius 3 is 2.39 bits per heavy atom. The van der Waals surface area contributed by atoms with Gasteiger partial charge in [-0.25, -0.2) is 9.59 Å². The van der Waals surface area contributed by atoms with Gasteiger partial charge in [-0.1, -0.05) is 24.3 Å². The zero-order valence-corrected chi connectivity index (χ0v) is 16.9. The summed E-state index contributed by atoms with van der Waals surface area (Å²) in [6.07, 6.45) is 1.30. The average molecular weight is 388 g/mol.